The molecular formula is C19H15ClN4O5. The highest BCUT2D eigenvalue weighted by Crippen LogP contribution is 2.25. The van der Waals surface area contributed by atoms with Crippen molar-refractivity contribution in [3.63, 3.8) is 0 Å². The zero-order chi connectivity index (χ0) is 21.0. The third-order valence-electron chi connectivity index (χ3n) is 3.95. The molecule has 3 aromatic rings. The van der Waals surface area contributed by atoms with Crippen LogP contribution >= 0.6 is 11.6 Å². The molecule has 0 radical (unpaired) electrons. The van der Waals surface area contributed by atoms with Crippen LogP contribution in [0.4, 0.5) is 5.69 Å². The van der Waals surface area contributed by atoms with Gasteiger partial charge in [-0.15, -0.1) is 16.7 Å². The summed E-state index contributed by atoms with van der Waals surface area (Å²) in [5, 5.41) is 15.3. The van der Waals surface area contributed by atoms with Crippen LogP contribution in [0.15, 0.2) is 48.5 Å². The fraction of sp³-hybridized carbons (Fsp3) is 0.158. The number of hydrogen-bond acceptors (Lipinski definition) is 7. The molecule has 0 spiro atoms. The Morgan fingerprint density at radius 1 is 1.21 bits per heavy atom. The molecule has 10 heteroatoms. The SMILES string of the molecule is CCOC(=O)c1nc(CCl)n(-c2ccc([N+](=O)[O-])cc2C(=O)c2ccccc2)n1. The van der Waals surface area contributed by atoms with Gasteiger partial charge < -0.3 is 4.74 Å². The maximum atomic E-state index is 13.0. The molecule has 0 bridgehead atoms. The van der Waals surface area contributed by atoms with E-state index in [1.807, 2.05) is 0 Å². The number of halogens is 1. The van der Waals surface area contributed by atoms with E-state index in [-0.39, 0.29) is 41.1 Å². The van der Waals surface area contributed by atoms with Crippen LogP contribution in [0.25, 0.3) is 5.69 Å². The summed E-state index contributed by atoms with van der Waals surface area (Å²) < 4.78 is 6.12. The number of hydrogen-bond donors (Lipinski definition) is 0. The second-order valence-corrected chi connectivity index (χ2v) is 6.04. The summed E-state index contributed by atoms with van der Waals surface area (Å²) in [6, 6.07) is 12.1. The van der Waals surface area contributed by atoms with E-state index in [0.29, 0.717) is 5.56 Å². The van der Waals surface area contributed by atoms with Crippen LogP contribution in [0.2, 0.25) is 0 Å². The maximum absolute atomic E-state index is 13.0. The van der Waals surface area contributed by atoms with E-state index < -0.39 is 16.7 Å². The van der Waals surface area contributed by atoms with Gasteiger partial charge in [0.1, 0.15) is 5.82 Å². The largest absolute Gasteiger partial charge is 0.460 e. The van der Waals surface area contributed by atoms with E-state index in [0.717, 1.165) is 6.07 Å². The second kappa shape index (κ2) is 8.61. The number of benzene rings is 2. The standard InChI is InChI=1S/C19H15ClN4O5/c1-2-29-19(26)18-21-16(11-20)23(22-18)15-9-8-13(24(27)28)10-14(15)17(25)12-6-4-3-5-7-12/h3-10H,2,11H2,1H3. The number of nitro groups is 1. The number of alkyl halides is 1. The van der Waals surface area contributed by atoms with Gasteiger partial charge in [0.25, 0.3) is 11.5 Å². The monoisotopic (exact) mass is 414 g/mol. The molecule has 0 fully saturated rings. The molecule has 3 rings (SSSR count). The quantitative estimate of drug-likeness (QED) is 0.191. The first kappa shape index (κ1) is 20.2. The smallest absolute Gasteiger partial charge is 0.378 e. The lowest BCUT2D eigenvalue weighted by Gasteiger charge is -2.10. The normalized spacial score (nSPS) is 10.6. The summed E-state index contributed by atoms with van der Waals surface area (Å²) in [6.45, 7) is 1.78. The minimum absolute atomic E-state index is 0.0251. The summed E-state index contributed by atoms with van der Waals surface area (Å²) >= 11 is 5.94. The fourth-order valence-corrected chi connectivity index (χ4v) is 2.83. The van der Waals surface area contributed by atoms with Crippen molar-refractivity contribution in [2.45, 2.75) is 12.8 Å². The van der Waals surface area contributed by atoms with Crippen molar-refractivity contribution in [3.8, 4) is 5.69 Å². The molecule has 148 valence electrons. The number of nitrogens with zero attached hydrogens (tertiary/aromatic N) is 4. The number of rotatable bonds is 7. The molecule has 0 aliphatic heterocycles. The first-order chi connectivity index (χ1) is 14.0. The number of aromatic nitrogens is 3. The van der Waals surface area contributed by atoms with Gasteiger partial charge in [0, 0.05) is 17.7 Å². The van der Waals surface area contributed by atoms with Gasteiger partial charge in [-0.05, 0) is 13.0 Å². The summed E-state index contributed by atoms with van der Waals surface area (Å²) in [5.41, 5.74) is 0.318. The molecule has 0 aliphatic carbocycles. The second-order valence-electron chi connectivity index (χ2n) is 5.77. The first-order valence-corrected chi connectivity index (χ1v) is 9.07. The number of carbonyl (C=O) groups is 2. The van der Waals surface area contributed by atoms with Crippen molar-refractivity contribution in [2.75, 3.05) is 6.61 Å². The van der Waals surface area contributed by atoms with Gasteiger partial charge in [-0.1, -0.05) is 30.3 Å². The maximum Gasteiger partial charge on any atom is 0.378 e. The Labute approximate surface area is 170 Å². The highest BCUT2D eigenvalue weighted by atomic mass is 35.5. The van der Waals surface area contributed by atoms with Gasteiger partial charge in [0.05, 0.1) is 28.7 Å². The lowest BCUT2D eigenvalue weighted by molar-refractivity contribution is -0.384. The lowest BCUT2D eigenvalue weighted by Crippen LogP contribution is -2.12. The van der Waals surface area contributed by atoms with Crippen molar-refractivity contribution < 1.29 is 19.2 Å². The Morgan fingerprint density at radius 2 is 1.93 bits per heavy atom. The Bertz CT molecular complexity index is 1080. The van der Waals surface area contributed by atoms with E-state index in [4.69, 9.17) is 16.3 Å². The van der Waals surface area contributed by atoms with Gasteiger partial charge in [0.15, 0.2) is 5.78 Å². The molecule has 1 heterocycles. The number of carbonyl (C=O) groups excluding carboxylic acids is 2. The van der Waals surface area contributed by atoms with Gasteiger partial charge >= 0.3 is 5.97 Å². The Hall–Kier alpha value is -3.59. The molecular weight excluding hydrogens is 400 g/mol. The lowest BCUT2D eigenvalue weighted by atomic mass is 10.0. The first-order valence-electron chi connectivity index (χ1n) is 8.53. The number of esters is 1. The Morgan fingerprint density at radius 3 is 2.55 bits per heavy atom. The van der Waals surface area contributed by atoms with Crippen LogP contribution in [0.3, 0.4) is 0 Å². The summed E-state index contributed by atoms with van der Waals surface area (Å²) in [6.07, 6.45) is 0. The van der Waals surface area contributed by atoms with E-state index in [2.05, 4.69) is 10.1 Å². The highest BCUT2D eigenvalue weighted by Gasteiger charge is 2.24. The molecule has 0 N–H and O–H groups in total. The summed E-state index contributed by atoms with van der Waals surface area (Å²) in [4.78, 5) is 39.7. The summed E-state index contributed by atoms with van der Waals surface area (Å²) in [7, 11) is 0. The molecule has 0 saturated heterocycles. The molecule has 0 saturated carbocycles. The number of nitro benzene ring substituents is 1. The van der Waals surface area contributed by atoms with E-state index in [9.17, 15) is 19.7 Å². The van der Waals surface area contributed by atoms with Crippen molar-refractivity contribution in [2.24, 2.45) is 0 Å². The molecule has 29 heavy (non-hydrogen) atoms. The van der Waals surface area contributed by atoms with Crippen LogP contribution in [0.5, 0.6) is 0 Å². The number of ketones is 1. The molecule has 9 nitrogen and oxygen atoms in total. The van der Waals surface area contributed by atoms with Gasteiger partial charge in [-0.2, -0.15) is 0 Å². The van der Waals surface area contributed by atoms with Crippen LogP contribution in [-0.4, -0.2) is 38.0 Å². The molecule has 0 aliphatic rings. The Kier molecular flexibility index (Phi) is 5.99. The molecule has 0 amide bonds. The van der Waals surface area contributed by atoms with Crippen molar-refractivity contribution in [1.29, 1.82) is 0 Å². The van der Waals surface area contributed by atoms with Crippen molar-refractivity contribution in [3.05, 3.63) is 81.4 Å². The van der Waals surface area contributed by atoms with Crippen LogP contribution in [0, 0.1) is 10.1 Å². The minimum Gasteiger partial charge on any atom is -0.460 e. The molecule has 0 unspecified atom stereocenters. The van der Waals surface area contributed by atoms with Crippen molar-refractivity contribution >= 4 is 29.0 Å². The predicted octanol–water partition coefficient (Wildman–Crippen LogP) is 3.32. The molecule has 2 aromatic carbocycles. The van der Waals surface area contributed by atoms with Gasteiger partial charge in [-0.3, -0.25) is 14.9 Å². The minimum atomic E-state index is -0.740. The fourth-order valence-electron chi connectivity index (χ4n) is 2.66. The Balaban J connectivity index is 2.18. The summed E-state index contributed by atoms with van der Waals surface area (Å²) in [5.74, 6) is -1.33. The predicted molar refractivity (Wildman–Crippen MR) is 103 cm³/mol. The van der Waals surface area contributed by atoms with Gasteiger partial charge in [-0.25, -0.2) is 14.5 Å². The van der Waals surface area contributed by atoms with E-state index in [1.54, 1.807) is 37.3 Å². The van der Waals surface area contributed by atoms with Crippen LogP contribution in [-0.2, 0) is 10.6 Å². The average Bonchev–Trinajstić information content (AvgIpc) is 3.18. The number of non-ortho nitro benzene ring substituents is 1. The zero-order valence-corrected chi connectivity index (χ0v) is 16.0. The molecule has 0 atom stereocenters. The topological polar surface area (TPSA) is 117 Å². The van der Waals surface area contributed by atoms with E-state index >= 15 is 0 Å². The average molecular weight is 415 g/mol. The molecule has 1 aromatic heterocycles. The van der Waals surface area contributed by atoms with Gasteiger partial charge in [0.2, 0.25) is 0 Å². The van der Waals surface area contributed by atoms with Crippen LogP contribution < -0.4 is 0 Å². The third-order valence-corrected chi connectivity index (χ3v) is 4.19. The number of ether oxygens (including phenoxy) is 1. The zero-order valence-electron chi connectivity index (χ0n) is 15.2. The van der Waals surface area contributed by atoms with E-state index in [1.165, 1.54) is 16.8 Å². The van der Waals surface area contributed by atoms with Crippen molar-refractivity contribution in [1.82, 2.24) is 14.8 Å². The van der Waals surface area contributed by atoms with Crippen LogP contribution in [0.1, 0.15) is 39.3 Å². The third kappa shape index (κ3) is 4.14. The highest BCUT2D eigenvalue weighted by molar-refractivity contribution is 6.17.